The highest BCUT2D eigenvalue weighted by atomic mass is 16.5. The van der Waals surface area contributed by atoms with Gasteiger partial charge in [0.1, 0.15) is 5.75 Å². The molecule has 4 nitrogen and oxygen atoms in total. The van der Waals surface area contributed by atoms with E-state index >= 15 is 0 Å². The summed E-state index contributed by atoms with van der Waals surface area (Å²) in [5.41, 5.74) is 5.99. The molecule has 0 saturated carbocycles. The van der Waals surface area contributed by atoms with Crippen LogP contribution in [0.5, 0.6) is 5.75 Å². The predicted octanol–water partition coefficient (Wildman–Crippen LogP) is 0.697. The second-order valence-corrected chi connectivity index (χ2v) is 2.83. The first kappa shape index (κ1) is 10.5. The van der Waals surface area contributed by atoms with Crippen LogP contribution in [0.1, 0.15) is 5.56 Å². The van der Waals surface area contributed by atoms with Gasteiger partial charge in [0.05, 0.1) is 6.61 Å². The highest BCUT2D eigenvalue weighted by molar-refractivity contribution is 5.75. The third-order valence-electron chi connectivity index (χ3n) is 1.62. The maximum absolute atomic E-state index is 10.4. The summed E-state index contributed by atoms with van der Waals surface area (Å²) in [6.07, 6.45) is 0. The molecule has 1 aromatic rings. The van der Waals surface area contributed by atoms with Crippen LogP contribution in [0, 0.1) is 0 Å². The van der Waals surface area contributed by atoms with E-state index in [0.717, 1.165) is 5.56 Å². The van der Waals surface area contributed by atoms with Crippen molar-refractivity contribution in [2.45, 2.75) is 6.61 Å². The van der Waals surface area contributed by atoms with Gasteiger partial charge in [0.25, 0.3) is 5.91 Å². The largest absolute Gasteiger partial charge is 0.484 e. The lowest BCUT2D eigenvalue weighted by Crippen LogP contribution is -2.19. The molecule has 0 atom stereocenters. The summed E-state index contributed by atoms with van der Waals surface area (Å²) in [5.74, 6) is 0.148. The Morgan fingerprint density at radius 3 is 2.50 bits per heavy atom. The Balaban J connectivity index is 2.50. The molecule has 2 N–H and O–H groups in total. The zero-order chi connectivity index (χ0) is 10.4. The van der Waals surface area contributed by atoms with Gasteiger partial charge in [0.2, 0.25) is 0 Å². The van der Waals surface area contributed by atoms with Crippen LogP contribution in [0.2, 0.25) is 0 Å². The normalized spacial score (nSPS) is 9.79. The Labute approximate surface area is 82.6 Å². The smallest absolute Gasteiger partial charge is 0.255 e. The van der Waals surface area contributed by atoms with E-state index in [4.69, 9.17) is 15.2 Å². The average Bonchev–Trinajstić information content (AvgIpc) is 2.17. The molecule has 0 aliphatic carbocycles. The first-order chi connectivity index (χ1) is 6.72. The number of hydrogen-bond donors (Lipinski definition) is 1. The number of rotatable bonds is 5. The van der Waals surface area contributed by atoms with E-state index in [9.17, 15) is 4.79 Å². The molecule has 1 amide bonds. The fraction of sp³-hybridized carbons (Fsp3) is 0.300. The minimum Gasteiger partial charge on any atom is -0.484 e. The van der Waals surface area contributed by atoms with Crippen molar-refractivity contribution in [3.8, 4) is 5.75 Å². The first-order valence-corrected chi connectivity index (χ1v) is 4.21. The molecule has 0 aliphatic heterocycles. The van der Waals surface area contributed by atoms with Gasteiger partial charge in [-0.05, 0) is 17.7 Å². The summed E-state index contributed by atoms with van der Waals surface area (Å²) in [5, 5.41) is 0. The minimum atomic E-state index is -0.481. The van der Waals surface area contributed by atoms with Crippen LogP contribution in [-0.4, -0.2) is 19.6 Å². The number of methoxy groups -OCH3 is 1. The third kappa shape index (κ3) is 3.45. The quantitative estimate of drug-likeness (QED) is 0.752. The van der Waals surface area contributed by atoms with Crippen LogP contribution in [0.15, 0.2) is 24.3 Å². The Morgan fingerprint density at radius 1 is 1.36 bits per heavy atom. The van der Waals surface area contributed by atoms with E-state index in [1.54, 1.807) is 19.2 Å². The first-order valence-electron chi connectivity index (χ1n) is 4.21. The summed E-state index contributed by atoms with van der Waals surface area (Å²) in [6.45, 7) is 0.472. The molecule has 0 heterocycles. The maximum Gasteiger partial charge on any atom is 0.255 e. The zero-order valence-electron chi connectivity index (χ0n) is 8.03. The molecular weight excluding hydrogens is 182 g/mol. The standard InChI is InChI=1S/C10H13NO3/c1-13-6-8-2-4-9(5-3-8)14-7-10(11)12/h2-5H,6-7H2,1H3,(H2,11,12). The Hall–Kier alpha value is -1.55. The molecule has 0 spiro atoms. The van der Waals surface area contributed by atoms with Crippen molar-refractivity contribution in [2.24, 2.45) is 5.73 Å². The van der Waals surface area contributed by atoms with E-state index in [0.29, 0.717) is 12.4 Å². The van der Waals surface area contributed by atoms with Gasteiger partial charge in [-0.3, -0.25) is 4.79 Å². The zero-order valence-corrected chi connectivity index (χ0v) is 8.03. The molecule has 0 fully saturated rings. The number of amides is 1. The van der Waals surface area contributed by atoms with Crippen LogP contribution < -0.4 is 10.5 Å². The number of carbonyl (C=O) groups is 1. The number of primary amides is 1. The number of benzene rings is 1. The van der Waals surface area contributed by atoms with Gasteiger partial charge in [-0.15, -0.1) is 0 Å². The van der Waals surface area contributed by atoms with Crippen LogP contribution in [0.3, 0.4) is 0 Å². The minimum absolute atomic E-state index is 0.0936. The summed E-state index contributed by atoms with van der Waals surface area (Å²) >= 11 is 0. The molecule has 0 unspecified atom stereocenters. The molecule has 4 heteroatoms. The molecule has 0 bridgehead atoms. The summed E-state index contributed by atoms with van der Waals surface area (Å²) in [4.78, 5) is 10.4. The van der Waals surface area contributed by atoms with Crippen molar-refractivity contribution in [3.05, 3.63) is 29.8 Å². The maximum atomic E-state index is 10.4. The van der Waals surface area contributed by atoms with Crippen molar-refractivity contribution >= 4 is 5.91 Å². The number of carbonyl (C=O) groups excluding carboxylic acids is 1. The van der Waals surface area contributed by atoms with Crippen molar-refractivity contribution in [3.63, 3.8) is 0 Å². The van der Waals surface area contributed by atoms with Crippen molar-refractivity contribution < 1.29 is 14.3 Å². The Kier molecular flexibility index (Phi) is 3.94. The fourth-order valence-corrected chi connectivity index (χ4v) is 1.00. The summed E-state index contributed by atoms with van der Waals surface area (Å²) in [6, 6.07) is 7.30. The molecule has 76 valence electrons. The van der Waals surface area contributed by atoms with Crippen LogP contribution in [0.25, 0.3) is 0 Å². The number of nitrogens with two attached hydrogens (primary N) is 1. The van der Waals surface area contributed by atoms with Gasteiger partial charge in [-0.1, -0.05) is 12.1 Å². The lowest BCUT2D eigenvalue weighted by atomic mass is 10.2. The second-order valence-electron chi connectivity index (χ2n) is 2.83. The average molecular weight is 195 g/mol. The highest BCUT2D eigenvalue weighted by Crippen LogP contribution is 2.12. The SMILES string of the molecule is COCc1ccc(OCC(N)=O)cc1. The lowest BCUT2D eigenvalue weighted by Gasteiger charge is -2.04. The fourth-order valence-electron chi connectivity index (χ4n) is 1.00. The van der Waals surface area contributed by atoms with Gasteiger partial charge in [-0.2, -0.15) is 0 Å². The summed E-state index contributed by atoms with van der Waals surface area (Å²) in [7, 11) is 1.64. The van der Waals surface area contributed by atoms with Gasteiger partial charge in [0.15, 0.2) is 6.61 Å². The molecule has 1 rings (SSSR count). The molecule has 0 saturated heterocycles. The van der Waals surface area contributed by atoms with Crippen molar-refractivity contribution in [1.29, 1.82) is 0 Å². The number of ether oxygens (including phenoxy) is 2. The van der Waals surface area contributed by atoms with E-state index < -0.39 is 5.91 Å². The van der Waals surface area contributed by atoms with Crippen LogP contribution in [0.4, 0.5) is 0 Å². The molecular formula is C10H13NO3. The predicted molar refractivity (Wildman–Crippen MR) is 51.8 cm³/mol. The molecule has 14 heavy (non-hydrogen) atoms. The van der Waals surface area contributed by atoms with Crippen LogP contribution >= 0.6 is 0 Å². The molecule has 1 aromatic carbocycles. The highest BCUT2D eigenvalue weighted by Gasteiger charge is 1.97. The summed E-state index contributed by atoms with van der Waals surface area (Å²) < 4.78 is 10.0. The third-order valence-corrected chi connectivity index (χ3v) is 1.62. The second kappa shape index (κ2) is 5.24. The van der Waals surface area contributed by atoms with Crippen LogP contribution in [-0.2, 0) is 16.1 Å². The Bertz CT molecular complexity index is 295. The lowest BCUT2D eigenvalue weighted by molar-refractivity contribution is -0.119. The van der Waals surface area contributed by atoms with E-state index in [1.807, 2.05) is 12.1 Å². The number of hydrogen-bond acceptors (Lipinski definition) is 3. The van der Waals surface area contributed by atoms with Crippen molar-refractivity contribution in [1.82, 2.24) is 0 Å². The molecule has 0 radical (unpaired) electrons. The van der Waals surface area contributed by atoms with E-state index in [-0.39, 0.29) is 6.61 Å². The van der Waals surface area contributed by atoms with Crippen molar-refractivity contribution in [2.75, 3.05) is 13.7 Å². The Morgan fingerprint density at radius 2 is 2.00 bits per heavy atom. The van der Waals surface area contributed by atoms with Gasteiger partial charge >= 0.3 is 0 Å². The van der Waals surface area contributed by atoms with Gasteiger partial charge in [-0.25, -0.2) is 0 Å². The molecule has 0 aromatic heterocycles. The van der Waals surface area contributed by atoms with E-state index in [2.05, 4.69) is 0 Å². The monoisotopic (exact) mass is 195 g/mol. The van der Waals surface area contributed by atoms with E-state index in [1.165, 1.54) is 0 Å². The van der Waals surface area contributed by atoms with Gasteiger partial charge in [0, 0.05) is 7.11 Å². The van der Waals surface area contributed by atoms with Gasteiger partial charge < -0.3 is 15.2 Å². The molecule has 0 aliphatic rings. The topological polar surface area (TPSA) is 61.6 Å².